The molecular formula is C20H24N4O. The number of aromatic nitrogens is 1. The smallest absolute Gasteiger partial charge is 0.319 e. The van der Waals surface area contributed by atoms with Gasteiger partial charge in [0.25, 0.3) is 0 Å². The van der Waals surface area contributed by atoms with Gasteiger partial charge in [-0.3, -0.25) is 0 Å². The van der Waals surface area contributed by atoms with Crippen molar-refractivity contribution in [2.75, 3.05) is 26.0 Å². The van der Waals surface area contributed by atoms with Gasteiger partial charge in [-0.05, 0) is 37.9 Å². The van der Waals surface area contributed by atoms with Gasteiger partial charge in [0.2, 0.25) is 0 Å². The number of anilines is 1. The zero-order chi connectivity index (χ0) is 17.8. The second-order valence-corrected chi connectivity index (χ2v) is 6.39. The van der Waals surface area contributed by atoms with Crippen LogP contribution in [0.15, 0.2) is 60.8 Å². The van der Waals surface area contributed by atoms with Crippen LogP contribution in [0.25, 0.3) is 10.9 Å². The van der Waals surface area contributed by atoms with Crippen molar-refractivity contribution in [2.24, 2.45) is 7.05 Å². The Balaban J connectivity index is 1.74. The summed E-state index contributed by atoms with van der Waals surface area (Å²) in [6.45, 7) is 0.527. The van der Waals surface area contributed by atoms with Gasteiger partial charge >= 0.3 is 6.03 Å². The number of nitrogens with one attached hydrogen (secondary N) is 2. The van der Waals surface area contributed by atoms with E-state index in [1.54, 1.807) is 0 Å². The Hall–Kier alpha value is -2.79. The minimum atomic E-state index is -0.196. The molecule has 130 valence electrons. The summed E-state index contributed by atoms with van der Waals surface area (Å²) in [4.78, 5) is 14.3. The molecule has 1 heterocycles. The van der Waals surface area contributed by atoms with E-state index in [0.717, 1.165) is 5.69 Å². The van der Waals surface area contributed by atoms with Crippen LogP contribution in [0.3, 0.4) is 0 Å². The zero-order valence-electron chi connectivity index (χ0n) is 14.9. The van der Waals surface area contributed by atoms with Gasteiger partial charge in [-0.2, -0.15) is 0 Å². The maximum absolute atomic E-state index is 12.2. The predicted octanol–water partition coefficient (Wildman–Crippen LogP) is 3.60. The molecular weight excluding hydrogens is 312 g/mol. The Morgan fingerprint density at radius 3 is 2.48 bits per heavy atom. The molecule has 0 saturated heterocycles. The largest absolute Gasteiger partial charge is 0.350 e. The summed E-state index contributed by atoms with van der Waals surface area (Å²) in [7, 11) is 6.11. The van der Waals surface area contributed by atoms with Crippen LogP contribution in [-0.2, 0) is 7.05 Å². The molecule has 1 unspecified atom stereocenters. The third-order valence-electron chi connectivity index (χ3n) is 4.40. The molecule has 0 saturated carbocycles. The number of rotatable bonds is 5. The summed E-state index contributed by atoms with van der Waals surface area (Å²) in [5.74, 6) is 0. The average Bonchev–Trinajstić information content (AvgIpc) is 2.93. The molecule has 0 radical (unpaired) electrons. The Kier molecular flexibility index (Phi) is 5.05. The molecule has 3 rings (SSSR count). The molecule has 0 aliphatic carbocycles. The van der Waals surface area contributed by atoms with Gasteiger partial charge in [-0.1, -0.05) is 36.4 Å². The standard InChI is InChI=1S/C20H24N4O/c1-23(2)19(13-21-20(25)22-15-9-5-4-6-10-15)17-14-24(3)18-12-8-7-11-16(17)18/h4-12,14,19H,13H2,1-3H3,(H2,21,22,25). The van der Waals surface area contributed by atoms with Crippen LogP contribution in [0, 0.1) is 0 Å². The van der Waals surface area contributed by atoms with Gasteiger partial charge in [0.05, 0.1) is 6.04 Å². The fourth-order valence-electron chi connectivity index (χ4n) is 3.10. The first-order valence-corrected chi connectivity index (χ1v) is 8.36. The maximum atomic E-state index is 12.2. The topological polar surface area (TPSA) is 49.3 Å². The monoisotopic (exact) mass is 336 g/mol. The lowest BCUT2D eigenvalue weighted by Crippen LogP contribution is -2.36. The highest BCUT2D eigenvalue weighted by Gasteiger charge is 2.19. The van der Waals surface area contributed by atoms with Gasteiger partial charge < -0.3 is 20.1 Å². The van der Waals surface area contributed by atoms with E-state index in [4.69, 9.17) is 0 Å². The van der Waals surface area contributed by atoms with E-state index in [1.165, 1.54) is 16.5 Å². The highest BCUT2D eigenvalue weighted by molar-refractivity contribution is 5.89. The van der Waals surface area contributed by atoms with Crippen molar-refractivity contribution in [3.05, 3.63) is 66.4 Å². The van der Waals surface area contributed by atoms with E-state index in [9.17, 15) is 4.79 Å². The molecule has 0 aliphatic rings. The molecule has 2 aromatic carbocycles. The van der Waals surface area contributed by atoms with Crippen molar-refractivity contribution in [1.82, 2.24) is 14.8 Å². The average molecular weight is 336 g/mol. The van der Waals surface area contributed by atoms with Crippen molar-refractivity contribution >= 4 is 22.6 Å². The second-order valence-electron chi connectivity index (χ2n) is 6.39. The summed E-state index contributed by atoms with van der Waals surface area (Å²) in [5, 5.41) is 7.06. The molecule has 5 heteroatoms. The van der Waals surface area contributed by atoms with E-state index in [1.807, 2.05) is 63.6 Å². The third-order valence-corrected chi connectivity index (χ3v) is 4.40. The molecule has 5 nitrogen and oxygen atoms in total. The van der Waals surface area contributed by atoms with Crippen LogP contribution in [0.1, 0.15) is 11.6 Å². The number of aryl methyl sites for hydroxylation is 1. The number of nitrogens with zero attached hydrogens (tertiary/aromatic N) is 2. The van der Waals surface area contributed by atoms with Crippen LogP contribution < -0.4 is 10.6 Å². The fraction of sp³-hybridized carbons (Fsp3) is 0.250. The lowest BCUT2D eigenvalue weighted by atomic mass is 10.0. The van der Waals surface area contributed by atoms with Gasteiger partial charge in [-0.15, -0.1) is 0 Å². The molecule has 0 fully saturated rings. The molecule has 0 bridgehead atoms. The molecule has 3 aromatic rings. The lowest BCUT2D eigenvalue weighted by Gasteiger charge is -2.24. The fourth-order valence-corrected chi connectivity index (χ4v) is 3.10. The number of amides is 2. The Bertz CT molecular complexity index is 855. The van der Waals surface area contributed by atoms with Gasteiger partial charge in [0, 0.05) is 36.4 Å². The van der Waals surface area contributed by atoms with E-state index in [-0.39, 0.29) is 12.1 Å². The first-order valence-electron chi connectivity index (χ1n) is 8.36. The quantitative estimate of drug-likeness (QED) is 0.748. The number of para-hydroxylation sites is 2. The van der Waals surface area contributed by atoms with Crippen molar-refractivity contribution in [3.63, 3.8) is 0 Å². The van der Waals surface area contributed by atoms with E-state index < -0.39 is 0 Å². The van der Waals surface area contributed by atoms with Crippen molar-refractivity contribution in [1.29, 1.82) is 0 Å². The molecule has 0 aliphatic heterocycles. The Morgan fingerprint density at radius 1 is 1.08 bits per heavy atom. The summed E-state index contributed by atoms with van der Waals surface area (Å²) in [5.41, 5.74) is 3.19. The molecule has 1 atom stereocenters. The highest BCUT2D eigenvalue weighted by Crippen LogP contribution is 2.28. The predicted molar refractivity (Wildman–Crippen MR) is 103 cm³/mol. The number of likely N-dealkylation sites (N-methyl/N-ethyl adjacent to an activating group) is 1. The molecule has 0 spiro atoms. The van der Waals surface area contributed by atoms with Crippen LogP contribution in [-0.4, -0.2) is 36.1 Å². The van der Waals surface area contributed by atoms with Gasteiger partial charge in [0.1, 0.15) is 0 Å². The summed E-state index contributed by atoms with van der Waals surface area (Å²) in [6.07, 6.45) is 2.14. The van der Waals surface area contributed by atoms with E-state index >= 15 is 0 Å². The maximum Gasteiger partial charge on any atom is 0.319 e. The van der Waals surface area contributed by atoms with Crippen molar-refractivity contribution in [2.45, 2.75) is 6.04 Å². The summed E-state index contributed by atoms with van der Waals surface area (Å²) < 4.78 is 2.13. The van der Waals surface area contributed by atoms with E-state index in [0.29, 0.717) is 6.54 Å². The van der Waals surface area contributed by atoms with Crippen molar-refractivity contribution < 1.29 is 4.79 Å². The Morgan fingerprint density at radius 2 is 1.76 bits per heavy atom. The first kappa shape index (κ1) is 17.0. The number of hydrogen-bond acceptors (Lipinski definition) is 2. The number of carbonyl (C=O) groups is 1. The normalized spacial score (nSPS) is 12.3. The third kappa shape index (κ3) is 3.83. The number of urea groups is 1. The second kappa shape index (κ2) is 7.40. The highest BCUT2D eigenvalue weighted by atomic mass is 16.2. The first-order chi connectivity index (χ1) is 12.1. The zero-order valence-corrected chi connectivity index (χ0v) is 14.9. The summed E-state index contributed by atoms with van der Waals surface area (Å²) in [6, 6.07) is 17.7. The van der Waals surface area contributed by atoms with E-state index in [2.05, 4.69) is 38.4 Å². The Labute approximate surface area is 148 Å². The van der Waals surface area contributed by atoms with Crippen LogP contribution >= 0.6 is 0 Å². The lowest BCUT2D eigenvalue weighted by molar-refractivity contribution is 0.243. The SMILES string of the molecule is CN(C)C(CNC(=O)Nc1ccccc1)c1cn(C)c2ccccc12. The van der Waals surface area contributed by atoms with Crippen LogP contribution in [0.5, 0.6) is 0 Å². The summed E-state index contributed by atoms with van der Waals surface area (Å²) >= 11 is 0. The van der Waals surface area contributed by atoms with Gasteiger partial charge in [-0.25, -0.2) is 4.79 Å². The molecule has 1 aromatic heterocycles. The molecule has 2 N–H and O–H groups in total. The minimum Gasteiger partial charge on any atom is -0.350 e. The van der Waals surface area contributed by atoms with Gasteiger partial charge in [0.15, 0.2) is 0 Å². The minimum absolute atomic E-state index is 0.0904. The van der Waals surface area contributed by atoms with Crippen LogP contribution in [0.4, 0.5) is 10.5 Å². The molecule has 2 amide bonds. The van der Waals surface area contributed by atoms with Crippen molar-refractivity contribution in [3.8, 4) is 0 Å². The van der Waals surface area contributed by atoms with Crippen LogP contribution in [0.2, 0.25) is 0 Å². The number of benzene rings is 2. The number of fused-ring (bicyclic) bond motifs is 1. The number of carbonyl (C=O) groups excluding carboxylic acids is 1. The number of hydrogen-bond donors (Lipinski definition) is 2. The molecule has 25 heavy (non-hydrogen) atoms.